The number of carboxylic acids is 1. The highest BCUT2D eigenvalue weighted by Gasteiger charge is 2.40. The molecule has 0 radical (unpaired) electrons. The number of rotatable bonds is 3. The van der Waals surface area contributed by atoms with Gasteiger partial charge in [0, 0.05) is 23.9 Å². The second-order valence-corrected chi connectivity index (χ2v) is 6.87. The maximum Gasteiger partial charge on any atom is 0.308 e. The lowest BCUT2D eigenvalue weighted by Gasteiger charge is -2.15. The van der Waals surface area contributed by atoms with Crippen LogP contribution in [0.5, 0.6) is 0 Å². The Morgan fingerprint density at radius 3 is 2.45 bits per heavy atom. The first kappa shape index (κ1) is 14.8. The Kier molecular flexibility index (Phi) is 3.98. The molecule has 1 aromatic carbocycles. The number of hydrogen-bond acceptors (Lipinski definition) is 3. The molecule has 1 saturated heterocycles. The summed E-state index contributed by atoms with van der Waals surface area (Å²) in [5.41, 5.74) is 0.979. The van der Waals surface area contributed by atoms with Crippen LogP contribution in [0.25, 0.3) is 0 Å². The van der Waals surface area contributed by atoms with Crippen LogP contribution in [0.1, 0.15) is 26.0 Å². The average Bonchev–Trinajstić information content (AvgIpc) is 3.14. The molecule has 5 heteroatoms. The number of carbonyl (C=O) groups is 2. The molecule has 0 unspecified atom stereocenters. The third kappa shape index (κ3) is 2.76. The van der Waals surface area contributed by atoms with Crippen molar-refractivity contribution in [2.75, 3.05) is 13.1 Å². The van der Waals surface area contributed by atoms with Crippen LogP contribution in [0, 0.1) is 12.8 Å². The summed E-state index contributed by atoms with van der Waals surface area (Å²) in [5, 5.41) is 9.48. The first-order valence-electron chi connectivity index (χ1n) is 7.19. The van der Waals surface area contributed by atoms with Gasteiger partial charge in [0.25, 0.3) is 5.91 Å². The molecule has 1 aliphatic heterocycles. The number of carbonyl (C=O) groups excluding carboxylic acids is 1. The summed E-state index contributed by atoms with van der Waals surface area (Å²) >= 11 is 1.45. The Hall–Kier alpha value is -2.14. The number of likely N-dealkylation sites (tertiary alicyclic amines) is 1. The van der Waals surface area contributed by atoms with Crippen LogP contribution in [0.2, 0.25) is 0 Å². The van der Waals surface area contributed by atoms with E-state index in [2.05, 4.69) is 0 Å². The highest BCUT2D eigenvalue weighted by Crippen LogP contribution is 2.34. The largest absolute Gasteiger partial charge is 0.481 e. The smallest absolute Gasteiger partial charge is 0.308 e. The molecule has 0 saturated carbocycles. The number of hydrogen-bond donors (Lipinski definition) is 1. The first-order valence-corrected chi connectivity index (χ1v) is 8.01. The Morgan fingerprint density at radius 1 is 1.14 bits per heavy atom. The van der Waals surface area contributed by atoms with E-state index in [-0.39, 0.29) is 18.4 Å². The quantitative estimate of drug-likeness (QED) is 0.947. The van der Waals surface area contributed by atoms with Gasteiger partial charge in [-0.3, -0.25) is 9.59 Å². The normalized spacial score (nSPS) is 21.0. The predicted molar refractivity (Wildman–Crippen MR) is 85.3 cm³/mol. The fourth-order valence-corrected chi connectivity index (χ4v) is 3.80. The molecule has 1 aliphatic rings. The van der Waals surface area contributed by atoms with Crippen molar-refractivity contribution in [2.45, 2.75) is 12.8 Å². The van der Waals surface area contributed by atoms with E-state index in [1.54, 1.807) is 4.90 Å². The van der Waals surface area contributed by atoms with Crippen molar-refractivity contribution in [2.24, 2.45) is 5.92 Å². The first-order chi connectivity index (χ1) is 10.6. The molecular formula is C17H17NO3S. The van der Waals surface area contributed by atoms with E-state index in [4.69, 9.17) is 0 Å². The average molecular weight is 315 g/mol. The number of aliphatic carboxylic acids is 1. The third-order valence-electron chi connectivity index (χ3n) is 4.10. The van der Waals surface area contributed by atoms with Crippen molar-refractivity contribution >= 4 is 23.2 Å². The second-order valence-electron chi connectivity index (χ2n) is 5.58. The van der Waals surface area contributed by atoms with Crippen molar-refractivity contribution in [3.05, 3.63) is 57.8 Å². The summed E-state index contributed by atoms with van der Waals surface area (Å²) in [5.74, 6) is -1.61. The van der Waals surface area contributed by atoms with Crippen molar-refractivity contribution in [1.82, 2.24) is 4.90 Å². The number of thiophene rings is 1. The van der Waals surface area contributed by atoms with Crippen LogP contribution < -0.4 is 0 Å². The van der Waals surface area contributed by atoms with Gasteiger partial charge in [0.05, 0.1) is 10.8 Å². The van der Waals surface area contributed by atoms with Gasteiger partial charge < -0.3 is 10.0 Å². The van der Waals surface area contributed by atoms with Crippen LogP contribution >= 0.6 is 11.3 Å². The van der Waals surface area contributed by atoms with Gasteiger partial charge >= 0.3 is 5.97 Å². The molecule has 1 amide bonds. The minimum atomic E-state index is -0.841. The summed E-state index contributed by atoms with van der Waals surface area (Å²) < 4.78 is 0. The van der Waals surface area contributed by atoms with Gasteiger partial charge in [0.1, 0.15) is 0 Å². The Morgan fingerprint density at radius 2 is 1.86 bits per heavy atom. The molecule has 0 spiro atoms. The molecule has 114 valence electrons. The van der Waals surface area contributed by atoms with Crippen molar-refractivity contribution in [3.8, 4) is 0 Å². The number of benzene rings is 1. The minimum absolute atomic E-state index is 0.0669. The Labute approximate surface area is 133 Å². The molecule has 22 heavy (non-hydrogen) atoms. The number of nitrogens with zero attached hydrogens (tertiary/aromatic N) is 1. The fraction of sp³-hybridized carbons (Fsp3) is 0.294. The molecule has 3 rings (SSSR count). The van der Waals surface area contributed by atoms with Gasteiger partial charge in [-0.05, 0) is 24.6 Å². The fourth-order valence-electron chi connectivity index (χ4n) is 2.96. The van der Waals surface area contributed by atoms with E-state index in [9.17, 15) is 14.7 Å². The van der Waals surface area contributed by atoms with Crippen LogP contribution in [0.4, 0.5) is 0 Å². The lowest BCUT2D eigenvalue weighted by molar-refractivity contribution is -0.141. The van der Waals surface area contributed by atoms with Crippen molar-refractivity contribution in [3.63, 3.8) is 0 Å². The third-order valence-corrected chi connectivity index (χ3v) is 5.09. The molecule has 2 aromatic rings. The van der Waals surface area contributed by atoms with Crippen LogP contribution in [-0.4, -0.2) is 35.0 Å². The van der Waals surface area contributed by atoms with E-state index in [0.717, 1.165) is 10.4 Å². The van der Waals surface area contributed by atoms with Crippen LogP contribution in [0.15, 0.2) is 42.5 Å². The van der Waals surface area contributed by atoms with Gasteiger partial charge in [-0.15, -0.1) is 11.3 Å². The van der Waals surface area contributed by atoms with Crippen LogP contribution in [0.3, 0.4) is 0 Å². The maximum atomic E-state index is 12.5. The lowest BCUT2D eigenvalue weighted by atomic mass is 9.89. The highest BCUT2D eigenvalue weighted by molar-refractivity contribution is 7.13. The molecule has 4 nitrogen and oxygen atoms in total. The van der Waals surface area contributed by atoms with Gasteiger partial charge in [-0.1, -0.05) is 30.3 Å². The van der Waals surface area contributed by atoms with E-state index < -0.39 is 11.9 Å². The topological polar surface area (TPSA) is 57.6 Å². The molecule has 1 N–H and O–H groups in total. The number of carboxylic acid groups (broad SMARTS) is 1. The molecule has 0 aliphatic carbocycles. The molecule has 0 bridgehead atoms. The lowest BCUT2D eigenvalue weighted by Crippen LogP contribution is -2.29. The molecule has 2 heterocycles. The zero-order chi connectivity index (χ0) is 15.7. The van der Waals surface area contributed by atoms with E-state index in [0.29, 0.717) is 11.4 Å². The zero-order valence-electron chi connectivity index (χ0n) is 12.2. The molecule has 1 aromatic heterocycles. The number of aryl methyl sites for hydroxylation is 1. The highest BCUT2D eigenvalue weighted by atomic mass is 32.1. The SMILES string of the molecule is Cc1ccc(C(=O)N2C[C@H](C(=O)O)[C@H](c3ccccc3)C2)s1. The summed E-state index contributed by atoms with van der Waals surface area (Å²) in [6, 6.07) is 13.3. The zero-order valence-corrected chi connectivity index (χ0v) is 13.0. The van der Waals surface area contributed by atoms with Gasteiger partial charge in [-0.2, -0.15) is 0 Å². The monoisotopic (exact) mass is 315 g/mol. The summed E-state index contributed by atoms with van der Waals surface area (Å²) in [6.07, 6.45) is 0. The molecule has 1 fully saturated rings. The van der Waals surface area contributed by atoms with Gasteiger partial charge in [-0.25, -0.2) is 0 Å². The molecular weight excluding hydrogens is 298 g/mol. The van der Waals surface area contributed by atoms with Crippen molar-refractivity contribution < 1.29 is 14.7 Å². The Balaban J connectivity index is 1.84. The van der Waals surface area contributed by atoms with E-state index in [1.165, 1.54) is 11.3 Å². The van der Waals surface area contributed by atoms with E-state index in [1.807, 2.05) is 49.4 Å². The maximum absolute atomic E-state index is 12.5. The number of amides is 1. The van der Waals surface area contributed by atoms with Crippen molar-refractivity contribution in [1.29, 1.82) is 0 Å². The second kappa shape index (κ2) is 5.93. The minimum Gasteiger partial charge on any atom is -0.481 e. The van der Waals surface area contributed by atoms with Crippen LogP contribution in [-0.2, 0) is 4.79 Å². The standard InChI is InChI=1S/C17H17NO3S/c1-11-7-8-15(22-11)16(19)18-9-13(14(10-18)17(20)21)12-5-3-2-4-6-12/h2-8,13-14H,9-10H2,1H3,(H,20,21)/t13-,14-/m0/s1. The van der Waals surface area contributed by atoms with Gasteiger partial charge in [0.2, 0.25) is 0 Å². The van der Waals surface area contributed by atoms with Gasteiger partial charge in [0.15, 0.2) is 0 Å². The predicted octanol–water partition coefficient (Wildman–Crippen LogP) is 3.00. The summed E-state index contributed by atoms with van der Waals surface area (Å²) in [6.45, 7) is 2.68. The van der Waals surface area contributed by atoms with E-state index >= 15 is 0 Å². The summed E-state index contributed by atoms with van der Waals surface area (Å²) in [7, 11) is 0. The summed E-state index contributed by atoms with van der Waals surface area (Å²) in [4.78, 5) is 27.5. The molecule has 2 atom stereocenters. The Bertz CT molecular complexity index is 695.